The normalized spacial score (nSPS) is 11.4. The highest BCUT2D eigenvalue weighted by Gasteiger charge is 2.20. The van der Waals surface area contributed by atoms with Crippen LogP contribution in [0.5, 0.6) is 0 Å². The Hall–Kier alpha value is -2.39. The minimum Gasteiger partial charge on any atom is -0.469 e. The fourth-order valence-electron chi connectivity index (χ4n) is 2.33. The van der Waals surface area contributed by atoms with Gasteiger partial charge in [0.05, 0.1) is 18.7 Å². The van der Waals surface area contributed by atoms with E-state index in [1.807, 2.05) is 6.92 Å². The molecule has 0 bridgehead atoms. The average molecular weight is 332 g/mol. The number of methoxy groups -OCH3 is 2. The van der Waals surface area contributed by atoms with Gasteiger partial charge in [0.25, 0.3) is 0 Å². The predicted octanol–water partition coefficient (Wildman–Crippen LogP) is 2.52. The van der Waals surface area contributed by atoms with Crippen LogP contribution >= 0.6 is 0 Å². The average Bonchev–Trinajstić information content (AvgIpc) is 2.58. The third kappa shape index (κ3) is 6.39. The molecule has 0 N–H and O–H groups in total. The third-order valence-corrected chi connectivity index (χ3v) is 3.61. The maximum absolute atomic E-state index is 12.6. The quantitative estimate of drug-likeness (QED) is 0.513. The Morgan fingerprint density at radius 1 is 1.21 bits per heavy atom. The Balaban J connectivity index is 2.81. The van der Waals surface area contributed by atoms with Crippen LogP contribution in [-0.4, -0.2) is 39.2 Å². The fraction of sp³-hybridized carbons (Fsp3) is 0.500. The van der Waals surface area contributed by atoms with E-state index in [1.165, 1.54) is 7.11 Å². The number of hydrogen-bond donors (Lipinski definition) is 0. The Kier molecular flexibility index (Phi) is 8.52. The number of nitrogens with zero attached hydrogens (tertiary/aromatic N) is 2. The summed E-state index contributed by atoms with van der Waals surface area (Å²) in [6, 6.07) is 8.95. The van der Waals surface area contributed by atoms with Crippen molar-refractivity contribution in [2.75, 3.05) is 32.3 Å². The molecule has 6 heteroatoms. The number of ether oxygens (including phenoxy) is 2. The van der Waals surface area contributed by atoms with Gasteiger partial charge < -0.3 is 14.4 Å². The highest BCUT2D eigenvalue weighted by atomic mass is 16.5. The number of amides is 1. The largest absolute Gasteiger partial charge is 0.469 e. The number of carbonyl (C=O) groups is 2. The summed E-state index contributed by atoms with van der Waals surface area (Å²) in [7, 11) is 2.96. The topological polar surface area (TPSA) is 79.6 Å². The van der Waals surface area contributed by atoms with Crippen molar-refractivity contribution in [3.8, 4) is 6.07 Å². The summed E-state index contributed by atoms with van der Waals surface area (Å²) in [4.78, 5) is 25.6. The van der Waals surface area contributed by atoms with E-state index in [1.54, 1.807) is 36.3 Å². The summed E-state index contributed by atoms with van der Waals surface area (Å²) in [5.41, 5.74) is 1.28. The van der Waals surface area contributed by atoms with Gasteiger partial charge in [0.15, 0.2) is 0 Å². The van der Waals surface area contributed by atoms with Crippen molar-refractivity contribution in [1.82, 2.24) is 0 Å². The van der Waals surface area contributed by atoms with E-state index in [4.69, 9.17) is 10.00 Å². The predicted molar refractivity (Wildman–Crippen MR) is 90.4 cm³/mol. The van der Waals surface area contributed by atoms with E-state index in [9.17, 15) is 9.59 Å². The molecule has 24 heavy (non-hydrogen) atoms. The second-order valence-electron chi connectivity index (χ2n) is 5.64. The molecule has 0 aromatic heterocycles. The summed E-state index contributed by atoms with van der Waals surface area (Å²) in [5.74, 6) is -0.486. The Labute approximate surface area is 143 Å². The van der Waals surface area contributed by atoms with E-state index in [-0.39, 0.29) is 30.6 Å². The van der Waals surface area contributed by atoms with Gasteiger partial charge in [-0.1, -0.05) is 6.92 Å². The van der Waals surface area contributed by atoms with Crippen LogP contribution in [0.4, 0.5) is 5.69 Å². The second-order valence-corrected chi connectivity index (χ2v) is 5.64. The Bertz CT molecular complexity index is 578. The molecular weight excluding hydrogens is 308 g/mol. The van der Waals surface area contributed by atoms with Crippen molar-refractivity contribution >= 4 is 17.6 Å². The zero-order valence-electron chi connectivity index (χ0n) is 14.4. The van der Waals surface area contributed by atoms with Crippen LogP contribution < -0.4 is 4.90 Å². The van der Waals surface area contributed by atoms with Crippen molar-refractivity contribution in [3.05, 3.63) is 29.8 Å². The van der Waals surface area contributed by atoms with Crippen LogP contribution in [0, 0.1) is 17.2 Å². The number of benzene rings is 1. The molecule has 1 atom stereocenters. The molecule has 0 saturated heterocycles. The van der Waals surface area contributed by atoms with Crippen LogP contribution in [0.15, 0.2) is 24.3 Å². The van der Waals surface area contributed by atoms with Crippen LogP contribution in [0.1, 0.15) is 31.7 Å². The molecule has 0 saturated carbocycles. The number of rotatable bonds is 9. The summed E-state index contributed by atoms with van der Waals surface area (Å²) < 4.78 is 9.69. The molecule has 0 aliphatic carbocycles. The van der Waals surface area contributed by atoms with E-state index < -0.39 is 0 Å². The first kappa shape index (κ1) is 19.7. The molecule has 1 aromatic rings. The molecule has 6 nitrogen and oxygen atoms in total. The molecule has 0 aliphatic heterocycles. The van der Waals surface area contributed by atoms with Gasteiger partial charge in [-0.05, 0) is 36.6 Å². The van der Waals surface area contributed by atoms with Crippen molar-refractivity contribution in [3.63, 3.8) is 0 Å². The SMILES string of the molecule is COCCCN(C(=O)C[C@@H](C)CC(=O)OC)c1ccc(C#N)cc1. The first-order valence-electron chi connectivity index (χ1n) is 7.88. The van der Waals surface area contributed by atoms with Crippen LogP contribution in [0.3, 0.4) is 0 Å². The molecule has 1 rings (SSSR count). The van der Waals surface area contributed by atoms with E-state index >= 15 is 0 Å². The zero-order chi connectivity index (χ0) is 17.9. The minimum atomic E-state index is -0.320. The van der Waals surface area contributed by atoms with Gasteiger partial charge in [0.2, 0.25) is 5.91 Å². The minimum absolute atomic E-state index is 0.0628. The summed E-state index contributed by atoms with van der Waals surface area (Å²) in [5, 5.41) is 8.89. The fourth-order valence-corrected chi connectivity index (χ4v) is 2.33. The van der Waals surface area contributed by atoms with Gasteiger partial charge in [0, 0.05) is 38.8 Å². The van der Waals surface area contributed by atoms with Crippen LogP contribution in [0.25, 0.3) is 0 Å². The van der Waals surface area contributed by atoms with Gasteiger partial charge >= 0.3 is 5.97 Å². The van der Waals surface area contributed by atoms with Crippen molar-refractivity contribution in [1.29, 1.82) is 5.26 Å². The Morgan fingerprint density at radius 2 is 1.88 bits per heavy atom. The number of carbonyl (C=O) groups excluding carboxylic acids is 2. The molecule has 0 fully saturated rings. The van der Waals surface area contributed by atoms with Gasteiger partial charge in [0.1, 0.15) is 0 Å². The second kappa shape index (κ2) is 10.4. The first-order valence-corrected chi connectivity index (χ1v) is 7.88. The van der Waals surface area contributed by atoms with Crippen molar-refractivity contribution in [2.45, 2.75) is 26.2 Å². The molecule has 1 amide bonds. The van der Waals surface area contributed by atoms with Crippen molar-refractivity contribution in [2.24, 2.45) is 5.92 Å². The maximum Gasteiger partial charge on any atom is 0.305 e. The first-order chi connectivity index (χ1) is 11.5. The Morgan fingerprint density at radius 3 is 2.42 bits per heavy atom. The summed E-state index contributed by atoms with van der Waals surface area (Å²) >= 11 is 0. The summed E-state index contributed by atoms with van der Waals surface area (Å²) in [6.45, 7) is 2.92. The highest BCUT2D eigenvalue weighted by molar-refractivity contribution is 5.93. The number of hydrogen-bond acceptors (Lipinski definition) is 5. The number of anilines is 1. The summed E-state index contributed by atoms with van der Waals surface area (Å²) in [6.07, 6.45) is 1.16. The molecule has 0 radical (unpaired) electrons. The van der Waals surface area contributed by atoms with Crippen molar-refractivity contribution < 1.29 is 19.1 Å². The molecule has 0 unspecified atom stereocenters. The molecule has 0 spiro atoms. The van der Waals surface area contributed by atoms with Gasteiger partial charge in [-0.25, -0.2) is 0 Å². The maximum atomic E-state index is 12.6. The van der Waals surface area contributed by atoms with Gasteiger partial charge in [-0.15, -0.1) is 0 Å². The van der Waals surface area contributed by atoms with E-state index in [2.05, 4.69) is 10.8 Å². The van der Waals surface area contributed by atoms with Gasteiger partial charge in [-0.3, -0.25) is 9.59 Å². The molecular formula is C18H24N2O4. The molecule has 0 heterocycles. The van der Waals surface area contributed by atoms with Crippen LogP contribution in [0.2, 0.25) is 0 Å². The molecule has 0 aliphatic rings. The number of esters is 1. The lowest BCUT2D eigenvalue weighted by atomic mass is 10.0. The zero-order valence-corrected chi connectivity index (χ0v) is 14.4. The lowest BCUT2D eigenvalue weighted by molar-refractivity contribution is -0.141. The standard InChI is InChI=1S/C18H24N2O4/c1-14(12-18(22)24-3)11-17(21)20(9-4-10-23-2)16-7-5-15(13-19)6-8-16/h5-8,14H,4,9-12H2,1-3H3/t14-/m1/s1. The van der Waals surface area contributed by atoms with E-state index in [0.717, 1.165) is 5.69 Å². The highest BCUT2D eigenvalue weighted by Crippen LogP contribution is 2.19. The van der Waals surface area contributed by atoms with E-state index in [0.29, 0.717) is 25.1 Å². The molecule has 130 valence electrons. The smallest absolute Gasteiger partial charge is 0.305 e. The van der Waals surface area contributed by atoms with Gasteiger partial charge in [-0.2, -0.15) is 5.26 Å². The monoisotopic (exact) mass is 332 g/mol. The molecule has 1 aromatic carbocycles. The number of nitriles is 1. The van der Waals surface area contributed by atoms with Crippen LogP contribution in [-0.2, 0) is 19.1 Å². The third-order valence-electron chi connectivity index (χ3n) is 3.61. The lowest BCUT2D eigenvalue weighted by Gasteiger charge is -2.24. The lowest BCUT2D eigenvalue weighted by Crippen LogP contribution is -2.33.